The molecule has 0 radical (unpaired) electrons. The van der Waals surface area contributed by atoms with Gasteiger partial charge >= 0.3 is 0 Å². The Morgan fingerprint density at radius 3 is 2.53 bits per heavy atom. The van der Waals surface area contributed by atoms with E-state index in [1.807, 2.05) is 6.92 Å². The minimum atomic E-state index is -3.91. The summed E-state index contributed by atoms with van der Waals surface area (Å²) in [7, 11) is -3.91. The van der Waals surface area contributed by atoms with Crippen LogP contribution in [0.5, 0.6) is 0 Å². The number of halogens is 3. The molecule has 3 atom stereocenters. The number of aromatic nitrogens is 1. The summed E-state index contributed by atoms with van der Waals surface area (Å²) < 4.78 is 57.6. The van der Waals surface area contributed by atoms with Crippen LogP contribution in [0, 0.1) is 11.6 Å². The minimum absolute atomic E-state index is 0.00956. The molecule has 4 aromatic rings. The van der Waals surface area contributed by atoms with Crippen molar-refractivity contribution in [3.8, 4) is 0 Å². The van der Waals surface area contributed by atoms with Crippen molar-refractivity contribution in [1.29, 1.82) is 0 Å². The fraction of sp³-hybridized carbons (Fsp3) is 0.273. The number of hydrogen-bond donors (Lipinski definition) is 4. The molecule has 1 amide bonds. The molecule has 2 heterocycles. The van der Waals surface area contributed by atoms with Gasteiger partial charge in [-0.15, -0.1) is 0 Å². The van der Waals surface area contributed by atoms with Gasteiger partial charge in [-0.3, -0.25) is 15.1 Å². The molecular formula is C33H34ClF2N5O3S. The van der Waals surface area contributed by atoms with Gasteiger partial charge in [-0.2, -0.15) is 0 Å². The Hall–Kier alpha value is -3.90. The van der Waals surface area contributed by atoms with Crippen LogP contribution < -0.4 is 21.3 Å². The van der Waals surface area contributed by atoms with Gasteiger partial charge in [0.15, 0.2) is 9.84 Å². The topological polar surface area (TPSA) is 112 Å². The normalized spacial score (nSPS) is 19.1. The number of rotatable bonds is 11. The van der Waals surface area contributed by atoms with Crippen molar-refractivity contribution in [3.05, 3.63) is 119 Å². The fourth-order valence-electron chi connectivity index (χ4n) is 5.56. The van der Waals surface area contributed by atoms with Gasteiger partial charge in [-0.05, 0) is 73.9 Å². The molecule has 1 fully saturated rings. The summed E-state index contributed by atoms with van der Waals surface area (Å²) in [6, 6.07) is 19.5. The highest BCUT2D eigenvalue weighted by atomic mass is 35.5. The van der Waals surface area contributed by atoms with Gasteiger partial charge in [0.05, 0.1) is 23.0 Å². The lowest BCUT2D eigenvalue weighted by Gasteiger charge is -2.41. The molecule has 1 aromatic heterocycles. The van der Waals surface area contributed by atoms with E-state index in [2.05, 4.69) is 26.3 Å². The minimum Gasteiger partial charge on any atom is -0.372 e. The third-order valence-corrected chi connectivity index (χ3v) is 10.4. The van der Waals surface area contributed by atoms with E-state index in [1.165, 1.54) is 18.3 Å². The first-order chi connectivity index (χ1) is 21.6. The molecule has 12 heteroatoms. The summed E-state index contributed by atoms with van der Waals surface area (Å²) in [6.45, 7) is 2.58. The van der Waals surface area contributed by atoms with E-state index < -0.39 is 38.3 Å². The highest BCUT2D eigenvalue weighted by Crippen LogP contribution is 2.32. The molecule has 4 N–H and O–H groups in total. The lowest BCUT2D eigenvalue weighted by molar-refractivity contribution is -0.116. The molecule has 0 aliphatic carbocycles. The van der Waals surface area contributed by atoms with E-state index in [0.717, 1.165) is 6.20 Å². The summed E-state index contributed by atoms with van der Waals surface area (Å²) in [5, 5.41) is 13.0. The number of hydrogen-bond acceptors (Lipinski definition) is 7. The smallest absolute Gasteiger partial charge is 0.247 e. The molecule has 0 saturated carbocycles. The largest absolute Gasteiger partial charge is 0.372 e. The first-order valence-corrected chi connectivity index (χ1v) is 16.4. The number of benzene rings is 3. The SMILES string of the molecule is C[C@H]1CNC[C@](CCc2c(F)cncc2N[C@@H](Cc2cccc(F)c2)C(=O)Nc2ccc(Cl)cc2)(S(=O)(=O)c2ccccc2)N1. The maximum absolute atomic E-state index is 15.5. The van der Waals surface area contributed by atoms with Crippen molar-refractivity contribution in [2.24, 2.45) is 0 Å². The highest BCUT2D eigenvalue weighted by Gasteiger charge is 2.47. The number of carbonyl (C=O) groups is 1. The van der Waals surface area contributed by atoms with Crippen LogP contribution in [0.4, 0.5) is 20.2 Å². The highest BCUT2D eigenvalue weighted by molar-refractivity contribution is 7.92. The van der Waals surface area contributed by atoms with E-state index in [0.29, 0.717) is 22.8 Å². The van der Waals surface area contributed by atoms with Crippen LogP contribution in [-0.2, 0) is 27.5 Å². The first-order valence-electron chi connectivity index (χ1n) is 14.5. The number of pyridine rings is 1. The number of anilines is 2. The third kappa shape index (κ3) is 7.67. The molecule has 236 valence electrons. The second-order valence-corrected chi connectivity index (χ2v) is 13.9. The van der Waals surface area contributed by atoms with E-state index in [9.17, 15) is 17.6 Å². The summed E-state index contributed by atoms with van der Waals surface area (Å²) in [4.78, 5) is 16.3. The maximum Gasteiger partial charge on any atom is 0.247 e. The van der Waals surface area contributed by atoms with Crippen LogP contribution in [-0.4, -0.2) is 49.4 Å². The molecule has 1 saturated heterocycles. The van der Waals surface area contributed by atoms with Crippen molar-refractivity contribution >= 4 is 38.7 Å². The van der Waals surface area contributed by atoms with Crippen LogP contribution in [0.3, 0.4) is 0 Å². The van der Waals surface area contributed by atoms with Crippen LogP contribution in [0.1, 0.15) is 24.5 Å². The van der Waals surface area contributed by atoms with Crippen molar-refractivity contribution in [2.45, 2.75) is 48.0 Å². The predicted molar refractivity (Wildman–Crippen MR) is 172 cm³/mol. The summed E-state index contributed by atoms with van der Waals surface area (Å²) >= 11 is 5.99. The molecule has 0 bridgehead atoms. The molecule has 0 spiro atoms. The number of sulfone groups is 1. The Morgan fingerprint density at radius 1 is 1.07 bits per heavy atom. The zero-order valence-electron chi connectivity index (χ0n) is 24.6. The van der Waals surface area contributed by atoms with Gasteiger partial charge in [0, 0.05) is 41.8 Å². The maximum atomic E-state index is 15.5. The van der Waals surface area contributed by atoms with Crippen LogP contribution in [0.2, 0.25) is 5.02 Å². The number of nitrogens with zero attached hydrogens (tertiary/aromatic N) is 1. The average Bonchev–Trinajstić information content (AvgIpc) is 3.02. The van der Waals surface area contributed by atoms with Gasteiger partial charge in [0.1, 0.15) is 22.5 Å². The van der Waals surface area contributed by atoms with E-state index in [-0.39, 0.29) is 48.0 Å². The zero-order valence-corrected chi connectivity index (χ0v) is 26.1. The second kappa shape index (κ2) is 14.0. The Labute approximate surface area is 266 Å². The van der Waals surface area contributed by atoms with E-state index in [4.69, 9.17) is 11.6 Å². The molecule has 0 unspecified atom stereocenters. The number of carbonyl (C=O) groups excluding carboxylic acids is 1. The zero-order chi connectivity index (χ0) is 32.0. The van der Waals surface area contributed by atoms with Gasteiger partial charge in [-0.1, -0.05) is 41.9 Å². The molecule has 1 aliphatic rings. The fourth-order valence-corrected chi connectivity index (χ4v) is 7.67. The van der Waals surface area contributed by atoms with Gasteiger partial charge < -0.3 is 16.0 Å². The Bertz CT molecular complexity index is 1750. The third-order valence-electron chi connectivity index (χ3n) is 7.81. The van der Waals surface area contributed by atoms with Gasteiger partial charge in [0.25, 0.3) is 0 Å². The number of amides is 1. The monoisotopic (exact) mass is 653 g/mol. The number of nitrogens with one attached hydrogen (secondary N) is 4. The molecular weight excluding hydrogens is 620 g/mol. The van der Waals surface area contributed by atoms with Crippen LogP contribution in [0.25, 0.3) is 0 Å². The second-order valence-electron chi connectivity index (χ2n) is 11.2. The standard InChI is InChI=1S/C33H34ClF2N5O3S/c1-22-18-38-21-33(41-22,45(43,44)27-8-3-2-4-9-27)15-14-28-29(36)19-37-20-31(28)40-30(17-23-6-5-7-25(35)16-23)32(42)39-26-12-10-24(34)11-13-26/h2-13,16,19-20,22,30,38,40-41H,14-15,17-18,21H2,1H3,(H,39,42)/t22-,30-,33-/m0/s1. The van der Waals surface area contributed by atoms with Crippen molar-refractivity contribution in [2.75, 3.05) is 23.7 Å². The summed E-state index contributed by atoms with van der Waals surface area (Å²) in [5.41, 5.74) is 1.44. The molecule has 8 nitrogen and oxygen atoms in total. The Morgan fingerprint density at radius 2 is 1.82 bits per heavy atom. The van der Waals surface area contributed by atoms with Crippen LogP contribution in [0.15, 0.2) is 96.2 Å². The van der Waals surface area contributed by atoms with E-state index in [1.54, 1.807) is 66.7 Å². The molecule has 5 rings (SSSR count). The van der Waals surface area contributed by atoms with E-state index >= 15 is 4.39 Å². The summed E-state index contributed by atoms with van der Waals surface area (Å²) in [5.74, 6) is -1.55. The van der Waals surface area contributed by atoms with Gasteiger partial charge in [0.2, 0.25) is 5.91 Å². The van der Waals surface area contributed by atoms with Crippen LogP contribution >= 0.6 is 11.6 Å². The van der Waals surface area contributed by atoms with Crippen molar-refractivity contribution in [3.63, 3.8) is 0 Å². The predicted octanol–water partition coefficient (Wildman–Crippen LogP) is 5.36. The molecule has 3 aromatic carbocycles. The van der Waals surface area contributed by atoms with Crippen molar-refractivity contribution < 1.29 is 22.0 Å². The quantitative estimate of drug-likeness (QED) is 0.173. The lowest BCUT2D eigenvalue weighted by atomic mass is 10.00. The number of piperazine rings is 1. The molecule has 1 aliphatic heterocycles. The molecule has 45 heavy (non-hydrogen) atoms. The first kappa shape index (κ1) is 32.5. The van der Waals surface area contributed by atoms with Gasteiger partial charge in [-0.25, -0.2) is 17.2 Å². The van der Waals surface area contributed by atoms with Crippen molar-refractivity contribution in [1.82, 2.24) is 15.6 Å². The Balaban J connectivity index is 1.45. The lowest BCUT2D eigenvalue weighted by Crippen LogP contribution is -2.66. The average molecular weight is 654 g/mol. The summed E-state index contributed by atoms with van der Waals surface area (Å²) in [6.07, 6.45) is 2.57. The Kier molecular flexibility index (Phi) is 10.1.